The third kappa shape index (κ3) is 3.43. The van der Waals surface area contributed by atoms with Crippen LogP contribution in [0.5, 0.6) is 0 Å². The molecule has 6 nitrogen and oxygen atoms in total. The Kier molecular flexibility index (Phi) is 4.54. The van der Waals surface area contributed by atoms with E-state index in [0.29, 0.717) is 6.54 Å². The standard InChI is InChI=1S/C12H21N3O3/c1-10-9-14(5-3-7-18-10)4-2-6-15-11(16)8-13-12(15)17/h10H,2-9H2,1H3,(H,13,17). The maximum atomic E-state index is 11.4. The predicted octanol–water partition coefficient (Wildman–Crippen LogP) is 0.0391. The van der Waals surface area contributed by atoms with E-state index in [2.05, 4.69) is 17.1 Å². The summed E-state index contributed by atoms with van der Waals surface area (Å²) in [5.41, 5.74) is 0. The number of rotatable bonds is 4. The van der Waals surface area contributed by atoms with Crippen LogP contribution in [-0.4, -0.2) is 67.2 Å². The molecule has 0 aromatic heterocycles. The molecule has 0 aliphatic carbocycles. The minimum Gasteiger partial charge on any atom is -0.377 e. The lowest BCUT2D eigenvalue weighted by molar-refractivity contribution is -0.125. The van der Waals surface area contributed by atoms with E-state index in [1.54, 1.807) is 0 Å². The Bertz CT molecular complexity index is 306. The van der Waals surface area contributed by atoms with Crippen LogP contribution in [-0.2, 0) is 9.53 Å². The van der Waals surface area contributed by atoms with Gasteiger partial charge in [0.1, 0.15) is 0 Å². The topological polar surface area (TPSA) is 61.9 Å². The van der Waals surface area contributed by atoms with Crippen LogP contribution in [0.4, 0.5) is 4.79 Å². The Morgan fingerprint density at radius 2 is 2.22 bits per heavy atom. The number of imide groups is 1. The molecule has 0 spiro atoms. The quantitative estimate of drug-likeness (QED) is 0.720. The van der Waals surface area contributed by atoms with Gasteiger partial charge in [-0.1, -0.05) is 0 Å². The number of ether oxygens (including phenoxy) is 1. The molecule has 102 valence electrons. The zero-order valence-corrected chi connectivity index (χ0v) is 10.9. The van der Waals surface area contributed by atoms with Crippen LogP contribution in [0.3, 0.4) is 0 Å². The van der Waals surface area contributed by atoms with Crippen molar-refractivity contribution in [2.24, 2.45) is 0 Å². The van der Waals surface area contributed by atoms with E-state index < -0.39 is 0 Å². The third-order valence-corrected chi connectivity index (χ3v) is 3.33. The predicted molar refractivity (Wildman–Crippen MR) is 66.2 cm³/mol. The Balaban J connectivity index is 1.71. The van der Waals surface area contributed by atoms with Gasteiger partial charge in [-0.25, -0.2) is 4.79 Å². The number of amides is 3. The van der Waals surface area contributed by atoms with Gasteiger partial charge in [-0.3, -0.25) is 9.69 Å². The van der Waals surface area contributed by atoms with E-state index in [-0.39, 0.29) is 24.6 Å². The van der Waals surface area contributed by atoms with Gasteiger partial charge in [-0.15, -0.1) is 0 Å². The van der Waals surface area contributed by atoms with E-state index in [9.17, 15) is 9.59 Å². The van der Waals surface area contributed by atoms with Crippen molar-refractivity contribution >= 4 is 11.9 Å². The summed E-state index contributed by atoms with van der Waals surface area (Å²) in [6, 6.07) is -0.257. The Labute approximate surface area is 107 Å². The summed E-state index contributed by atoms with van der Waals surface area (Å²) < 4.78 is 5.58. The van der Waals surface area contributed by atoms with Crippen molar-refractivity contribution in [3.05, 3.63) is 0 Å². The summed E-state index contributed by atoms with van der Waals surface area (Å²) in [5, 5.41) is 2.53. The van der Waals surface area contributed by atoms with Gasteiger partial charge in [0.15, 0.2) is 0 Å². The summed E-state index contributed by atoms with van der Waals surface area (Å²) in [7, 11) is 0. The van der Waals surface area contributed by atoms with Crippen molar-refractivity contribution in [3.8, 4) is 0 Å². The zero-order chi connectivity index (χ0) is 13.0. The first kappa shape index (κ1) is 13.3. The molecule has 0 radical (unpaired) electrons. The van der Waals surface area contributed by atoms with Crippen molar-refractivity contribution < 1.29 is 14.3 Å². The van der Waals surface area contributed by atoms with E-state index in [0.717, 1.165) is 39.1 Å². The largest absolute Gasteiger partial charge is 0.377 e. The number of hydrogen-bond acceptors (Lipinski definition) is 4. The van der Waals surface area contributed by atoms with Crippen LogP contribution in [0, 0.1) is 0 Å². The van der Waals surface area contributed by atoms with Gasteiger partial charge in [0.05, 0.1) is 12.6 Å². The molecule has 2 heterocycles. The molecule has 1 atom stereocenters. The molecule has 0 bridgehead atoms. The Morgan fingerprint density at radius 1 is 1.39 bits per heavy atom. The van der Waals surface area contributed by atoms with Gasteiger partial charge in [-0.05, 0) is 26.3 Å². The first-order chi connectivity index (χ1) is 8.66. The molecule has 6 heteroatoms. The second-order valence-corrected chi connectivity index (χ2v) is 4.89. The van der Waals surface area contributed by atoms with Crippen LogP contribution in [0.15, 0.2) is 0 Å². The minimum absolute atomic E-state index is 0.118. The normalized spacial score (nSPS) is 26.3. The molecule has 0 aromatic rings. The number of nitrogens with one attached hydrogen (secondary N) is 1. The van der Waals surface area contributed by atoms with Crippen molar-refractivity contribution in [1.82, 2.24) is 15.1 Å². The fraction of sp³-hybridized carbons (Fsp3) is 0.833. The van der Waals surface area contributed by atoms with E-state index in [4.69, 9.17) is 4.74 Å². The molecule has 0 saturated carbocycles. The van der Waals surface area contributed by atoms with Crippen molar-refractivity contribution in [2.75, 3.05) is 39.3 Å². The third-order valence-electron chi connectivity index (χ3n) is 3.33. The van der Waals surface area contributed by atoms with Gasteiger partial charge in [0, 0.05) is 26.2 Å². The molecular weight excluding hydrogens is 234 g/mol. The maximum absolute atomic E-state index is 11.4. The lowest BCUT2D eigenvalue weighted by Crippen LogP contribution is -2.36. The van der Waals surface area contributed by atoms with E-state index >= 15 is 0 Å². The highest BCUT2D eigenvalue weighted by molar-refractivity contribution is 6.01. The van der Waals surface area contributed by atoms with Gasteiger partial charge < -0.3 is 15.0 Å². The molecular formula is C12H21N3O3. The smallest absolute Gasteiger partial charge is 0.324 e. The second-order valence-electron chi connectivity index (χ2n) is 4.89. The lowest BCUT2D eigenvalue weighted by atomic mass is 10.3. The van der Waals surface area contributed by atoms with E-state index in [1.165, 1.54) is 4.90 Å². The molecule has 1 unspecified atom stereocenters. The fourth-order valence-electron chi connectivity index (χ4n) is 2.42. The average Bonchev–Trinajstić information content (AvgIpc) is 2.53. The van der Waals surface area contributed by atoms with Crippen LogP contribution < -0.4 is 5.32 Å². The first-order valence-corrected chi connectivity index (χ1v) is 6.59. The zero-order valence-electron chi connectivity index (χ0n) is 10.9. The molecule has 2 fully saturated rings. The average molecular weight is 255 g/mol. The lowest BCUT2D eigenvalue weighted by Gasteiger charge is -2.22. The van der Waals surface area contributed by atoms with Gasteiger partial charge in [0.2, 0.25) is 5.91 Å². The number of urea groups is 1. The van der Waals surface area contributed by atoms with Crippen molar-refractivity contribution in [1.29, 1.82) is 0 Å². The number of nitrogens with zero attached hydrogens (tertiary/aromatic N) is 2. The SMILES string of the molecule is CC1CN(CCCN2C(=O)CNC2=O)CCCO1. The van der Waals surface area contributed by atoms with E-state index in [1.807, 2.05) is 0 Å². The van der Waals surface area contributed by atoms with Crippen LogP contribution in [0.2, 0.25) is 0 Å². The number of hydrogen-bond donors (Lipinski definition) is 1. The first-order valence-electron chi connectivity index (χ1n) is 6.59. The molecule has 2 aliphatic rings. The molecule has 2 saturated heterocycles. The Hall–Kier alpha value is -1.14. The number of carbonyl (C=O) groups is 2. The summed E-state index contributed by atoms with van der Waals surface area (Å²) in [6.45, 7) is 6.43. The minimum atomic E-state index is -0.257. The molecule has 3 amide bonds. The van der Waals surface area contributed by atoms with Crippen LogP contribution >= 0.6 is 0 Å². The van der Waals surface area contributed by atoms with Gasteiger partial charge in [-0.2, -0.15) is 0 Å². The van der Waals surface area contributed by atoms with Gasteiger partial charge >= 0.3 is 6.03 Å². The van der Waals surface area contributed by atoms with Crippen LogP contribution in [0.1, 0.15) is 19.8 Å². The van der Waals surface area contributed by atoms with Crippen molar-refractivity contribution in [3.63, 3.8) is 0 Å². The molecule has 1 N–H and O–H groups in total. The summed E-state index contributed by atoms with van der Waals surface area (Å²) in [6.07, 6.45) is 2.14. The Morgan fingerprint density at radius 3 is 2.94 bits per heavy atom. The fourth-order valence-corrected chi connectivity index (χ4v) is 2.42. The monoisotopic (exact) mass is 255 g/mol. The maximum Gasteiger partial charge on any atom is 0.324 e. The second kappa shape index (κ2) is 6.15. The highest BCUT2D eigenvalue weighted by atomic mass is 16.5. The number of carbonyl (C=O) groups excluding carboxylic acids is 2. The summed E-state index contributed by atoms with van der Waals surface area (Å²) >= 11 is 0. The summed E-state index contributed by atoms with van der Waals surface area (Å²) in [4.78, 5) is 26.4. The van der Waals surface area contributed by atoms with Crippen molar-refractivity contribution in [2.45, 2.75) is 25.9 Å². The molecule has 18 heavy (non-hydrogen) atoms. The molecule has 2 aliphatic heterocycles. The molecule has 0 aromatic carbocycles. The molecule has 2 rings (SSSR count). The highest BCUT2D eigenvalue weighted by Crippen LogP contribution is 2.07. The van der Waals surface area contributed by atoms with Crippen LogP contribution in [0.25, 0.3) is 0 Å². The highest BCUT2D eigenvalue weighted by Gasteiger charge is 2.27. The van der Waals surface area contributed by atoms with Gasteiger partial charge in [0.25, 0.3) is 0 Å². The summed E-state index contributed by atoms with van der Waals surface area (Å²) in [5.74, 6) is -0.118.